The molecule has 0 fully saturated rings. The Hall–Kier alpha value is -3.56. The van der Waals surface area contributed by atoms with E-state index in [4.69, 9.17) is 20.9 Å². The van der Waals surface area contributed by atoms with Gasteiger partial charge in [-0.05, 0) is 18.6 Å². The molecular weight excluding hydrogens is 379 g/mol. The molecule has 0 saturated carbocycles. The number of methoxy groups -OCH3 is 2. The molecule has 0 bridgehead atoms. The first-order valence-corrected chi connectivity index (χ1v) is 8.94. The van der Waals surface area contributed by atoms with Crippen LogP contribution >= 0.6 is 0 Å². The van der Waals surface area contributed by atoms with Crippen molar-refractivity contribution < 1.29 is 23.6 Å². The number of halogens is 1. The number of nitrogens with one attached hydrogen (secondary N) is 3. The topological polar surface area (TPSA) is 139 Å². The number of benzene rings is 1. The number of anilines is 1. The second-order valence-corrected chi connectivity index (χ2v) is 6.01. The summed E-state index contributed by atoms with van der Waals surface area (Å²) in [6.45, 7) is 2.43. The van der Waals surface area contributed by atoms with Crippen LogP contribution in [0.5, 0.6) is 11.9 Å². The highest BCUT2D eigenvalue weighted by Crippen LogP contribution is 2.37. The SMILES string of the molecule is CCCNC(=O)/C(NC)=C(\N)c1ccc(F)c(-c2c[nH+]c(OC)nc2OC)c1N. The summed E-state index contributed by atoms with van der Waals surface area (Å²) in [5.74, 6) is -0.867. The standard InChI is InChI=1S/C19H25FN6O3/c1-5-8-24-17(27)16(23-2)15(22)10-6-7-12(20)13(14(10)21)11-9-25-19(29-4)26-18(11)28-3/h6-7,9,23H,5,8,21-22H2,1-4H3,(H,24,27)/p+1/b16-15+. The summed E-state index contributed by atoms with van der Waals surface area (Å²) in [6.07, 6.45) is 2.24. The number of nitrogens with zero attached hydrogens (tertiary/aromatic N) is 1. The maximum absolute atomic E-state index is 14.7. The van der Waals surface area contributed by atoms with E-state index in [1.165, 1.54) is 32.5 Å². The molecule has 2 aromatic rings. The molecular formula is C19H26FN6O3+. The van der Waals surface area contributed by atoms with Gasteiger partial charge in [-0.25, -0.2) is 9.37 Å². The molecule has 9 nitrogen and oxygen atoms in total. The van der Waals surface area contributed by atoms with Gasteiger partial charge >= 0.3 is 11.9 Å². The summed E-state index contributed by atoms with van der Waals surface area (Å²) < 4.78 is 25.0. The third-order valence-electron chi connectivity index (χ3n) is 4.20. The molecule has 29 heavy (non-hydrogen) atoms. The van der Waals surface area contributed by atoms with Crippen LogP contribution in [-0.2, 0) is 4.79 Å². The van der Waals surface area contributed by atoms with Crippen LogP contribution in [0, 0.1) is 5.82 Å². The fraction of sp³-hybridized carbons (Fsp3) is 0.316. The van der Waals surface area contributed by atoms with E-state index in [1.807, 2.05) is 6.92 Å². The van der Waals surface area contributed by atoms with Crippen LogP contribution in [0.2, 0.25) is 0 Å². The van der Waals surface area contributed by atoms with Crippen molar-refractivity contribution >= 4 is 17.3 Å². The molecule has 1 aromatic heterocycles. The summed E-state index contributed by atoms with van der Waals surface area (Å²) in [4.78, 5) is 19.3. The van der Waals surface area contributed by atoms with Gasteiger partial charge in [-0.1, -0.05) is 6.92 Å². The molecule has 0 aliphatic carbocycles. The van der Waals surface area contributed by atoms with E-state index < -0.39 is 5.82 Å². The minimum absolute atomic E-state index is 0.0391. The third-order valence-corrected chi connectivity index (χ3v) is 4.20. The van der Waals surface area contributed by atoms with Gasteiger partial charge in [-0.15, -0.1) is 0 Å². The molecule has 0 aliphatic rings. The van der Waals surface area contributed by atoms with Gasteiger partial charge in [0, 0.05) is 24.1 Å². The lowest BCUT2D eigenvalue weighted by molar-refractivity contribution is -0.397. The van der Waals surface area contributed by atoms with Gasteiger partial charge in [0.2, 0.25) is 0 Å². The number of carbonyl (C=O) groups excluding carboxylic acids is 1. The molecule has 1 heterocycles. The Labute approximate surface area is 168 Å². The van der Waals surface area contributed by atoms with Crippen molar-refractivity contribution in [3.05, 3.63) is 35.4 Å². The third kappa shape index (κ3) is 4.48. The van der Waals surface area contributed by atoms with E-state index in [1.54, 1.807) is 7.05 Å². The Bertz CT molecular complexity index is 932. The molecule has 10 heteroatoms. The lowest BCUT2D eigenvalue weighted by Crippen LogP contribution is -2.33. The van der Waals surface area contributed by atoms with Crippen LogP contribution in [0.3, 0.4) is 0 Å². The first kappa shape index (κ1) is 21.7. The zero-order valence-electron chi connectivity index (χ0n) is 16.9. The monoisotopic (exact) mass is 405 g/mol. The molecule has 1 aromatic carbocycles. The quantitative estimate of drug-likeness (QED) is 0.374. The number of H-pyrrole nitrogens is 1. The van der Waals surface area contributed by atoms with Crippen molar-refractivity contribution in [2.24, 2.45) is 5.73 Å². The van der Waals surface area contributed by atoms with Gasteiger partial charge in [0.25, 0.3) is 5.91 Å². The highest BCUT2D eigenvalue weighted by atomic mass is 19.1. The predicted molar refractivity (Wildman–Crippen MR) is 107 cm³/mol. The van der Waals surface area contributed by atoms with Crippen LogP contribution in [-0.4, -0.2) is 38.7 Å². The summed E-state index contributed by atoms with van der Waals surface area (Å²) in [6, 6.07) is 2.82. The Morgan fingerprint density at radius 1 is 1.31 bits per heavy atom. The van der Waals surface area contributed by atoms with Gasteiger partial charge in [-0.3, -0.25) is 4.79 Å². The van der Waals surface area contributed by atoms with E-state index in [-0.39, 0.29) is 46.0 Å². The number of hydrogen-bond donors (Lipinski definition) is 4. The lowest BCUT2D eigenvalue weighted by atomic mass is 9.98. The van der Waals surface area contributed by atoms with Crippen molar-refractivity contribution in [3.8, 4) is 23.0 Å². The zero-order valence-corrected chi connectivity index (χ0v) is 16.9. The highest BCUT2D eigenvalue weighted by Gasteiger charge is 2.25. The number of likely N-dealkylation sites (N-methyl/N-ethyl adjacent to an activating group) is 1. The number of carbonyl (C=O) groups is 1. The summed E-state index contributed by atoms with van der Waals surface area (Å²) in [5.41, 5.74) is 13.4. The van der Waals surface area contributed by atoms with Gasteiger partial charge < -0.3 is 31.6 Å². The van der Waals surface area contributed by atoms with Gasteiger partial charge in [0.15, 0.2) is 0 Å². The Morgan fingerprint density at radius 2 is 2.03 bits per heavy atom. The van der Waals surface area contributed by atoms with Crippen LogP contribution in [0.1, 0.15) is 18.9 Å². The van der Waals surface area contributed by atoms with E-state index in [2.05, 4.69) is 20.6 Å². The smallest absolute Gasteiger partial charge is 0.462 e. The largest absolute Gasteiger partial charge is 0.499 e. The molecule has 7 N–H and O–H groups in total. The maximum Gasteiger partial charge on any atom is 0.499 e. The van der Waals surface area contributed by atoms with Crippen LogP contribution in [0.4, 0.5) is 10.1 Å². The molecule has 0 aliphatic heterocycles. The molecule has 2 rings (SSSR count). The number of nitrogens with two attached hydrogens (primary N) is 2. The van der Waals surface area contributed by atoms with Crippen LogP contribution in [0.15, 0.2) is 24.0 Å². The van der Waals surface area contributed by atoms with Crippen LogP contribution in [0.25, 0.3) is 16.8 Å². The first-order valence-electron chi connectivity index (χ1n) is 8.94. The maximum atomic E-state index is 14.7. The van der Waals surface area contributed by atoms with Gasteiger partial charge in [0.05, 0.1) is 31.2 Å². The number of amides is 1. The Balaban J connectivity index is 2.65. The normalized spacial score (nSPS) is 11.5. The second-order valence-electron chi connectivity index (χ2n) is 6.01. The average Bonchev–Trinajstić information content (AvgIpc) is 2.72. The fourth-order valence-corrected chi connectivity index (χ4v) is 2.75. The van der Waals surface area contributed by atoms with E-state index in [0.29, 0.717) is 12.1 Å². The number of rotatable bonds is 8. The predicted octanol–water partition coefficient (Wildman–Crippen LogP) is 0.674. The van der Waals surface area contributed by atoms with Crippen molar-refractivity contribution in [1.82, 2.24) is 15.6 Å². The number of aromatic amines is 1. The van der Waals surface area contributed by atoms with E-state index in [0.717, 1.165) is 6.42 Å². The molecule has 1 amide bonds. The number of hydrogen-bond acceptors (Lipinski definition) is 7. The summed E-state index contributed by atoms with van der Waals surface area (Å²) in [5, 5.41) is 5.52. The minimum Gasteiger partial charge on any atom is -0.462 e. The molecule has 0 saturated heterocycles. The second kappa shape index (κ2) is 9.58. The summed E-state index contributed by atoms with van der Waals surface area (Å²) >= 11 is 0. The molecule has 0 atom stereocenters. The van der Waals surface area contributed by atoms with Crippen molar-refractivity contribution in [3.63, 3.8) is 0 Å². The number of aromatic nitrogens is 2. The molecule has 156 valence electrons. The first-order chi connectivity index (χ1) is 13.9. The minimum atomic E-state index is -0.598. The van der Waals surface area contributed by atoms with E-state index >= 15 is 0 Å². The zero-order chi connectivity index (χ0) is 21.6. The van der Waals surface area contributed by atoms with Crippen molar-refractivity contribution in [1.29, 1.82) is 0 Å². The molecule has 0 unspecified atom stereocenters. The van der Waals surface area contributed by atoms with Gasteiger partial charge in [0.1, 0.15) is 23.3 Å². The Kier molecular flexibility index (Phi) is 7.18. The Morgan fingerprint density at radius 3 is 2.62 bits per heavy atom. The van der Waals surface area contributed by atoms with E-state index in [9.17, 15) is 9.18 Å². The summed E-state index contributed by atoms with van der Waals surface area (Å²) in [7, 11) is 4.40. The number of ether oxygens (including phenoxy) is 2. The molecule has 0 radical (unpaired) electrons. The van der Waals surface area contributed by atoms with Crippen molar-refractivity contribution in [2.75, 3.05) is 33.5 Å². The van der Waals surface area contributed by atoms with Crippen LogP contribution < -0.4 is 36.6 Å². The highest BCUT2D eigenvalue weighted by molar-refractivity contribution is 6.02. The molecule has 0 spiro atoms. The number of nitrogen functional groups attached to an aromatic ring is 1. The fourth-order valence-electron chi connectivity index (χ4n) is 2.75. The lowest BCUT2D eigenvalue weighted by Gasteiger charge is -2.16. The average molecular weight is 405 g/mol. The van der Waals surface area contributed by atoms with Gasteiger partial charge in [-0.2, -0.15) is 0 Å². The van der Waals surface area contributed by atoms with Crippen molar-refractivity contribution in [2.45, 2.75) is 13.3 Å².